The van der Waals surface area contributed by atoms with Crippen molar-refractivity contribution in [1.82, 2.24) is 9.62 Å². The molecular weight excluding hydrogens is 264 g/mol. The molecule has 0 aromatic carbocycles. The van der Waals surface area contributed by atoms with Crippen molar-refractivity contribution in [3.05, 3.63) is 17.6 Å². The SMILES string of the molecule is Cc1oc(CNC2CC2)cc1S(=O)(=O)N1CCCC1. The standard InChI is InChI=1S/C13H20N2O3S/c1-10-13(19(16,17)15-6-2-3-7-15)8-12(18-10)9-14-11-4-5-11/h8,11,14H,2-7,9H2,1H3. The molecule has 1 aliphatic heterocycles. The molecule has 0 amide bonds. The zero-order valence-corrected chi connectivity index (χ0v) is 12.0. The predicted octanol–water partition coefficient (Wildman–Crippen LogP) is 1.62. The molecule has 0 unspecified atom stereocenters. The maximum absolute atomic E-state index is 12.5. The Labute approximate surface area is 114 Å². The Morgan fingerprint density at radius 2 is 2.05 bits per heavy atom. The third kappa shape index (κ3) is 2.70. The molecule has 0 bridgehead atoms. The van der Waals surface area contributed by atoms with Crippen LogP contribution in [-0.4, -0.2) is 31.9 Å². The van der Waals surface area contributed by atoms with Gasteiger partial charge in [-0.1, -0.05) is 0 Å². The van der Waals surface area contributed by atoms with Gasteiger partial charge in [0.15, 0.2) is 0 Å². The summed E-state index contributed by atoms with van der Waals surface area (Å²) in [5.41, 5.74) is 0. The minimum atomic E-state index is -3.36. The van der Waals surface area contributed by atoms with Crippen LogP contribution in [0.25, 0.3) is 0 Å². The lowest BCUT2D eigenvalue weighted by molar-refractivity contribution is 0.450. The lowest BCUT2D eigenvalue weighted by Gasteiger charge is -2.14. The van der Waals surface area contributed by atoms with E-state index in [9.17, 15) is 8.42 Å². The first-order valence-electron chi connectivity index (χ1n) is 6.90. The summed E-state index contributed by atoms with van der Waals surface area (Å²) in [5, 5.41) is 3.33. The van der Waals surface area contributed by atoms with E-state index in [1.165, 1.54) is 12.8 Å². The van der Waals surface area contributed by atoms with E-state index < -0.39 is 10.0 Å². The molecule has 1 N–H and O–H groups in total. The molecule has 1 saturated heterocycles. The molecule has 2 aliphatic rings. The van der Waals surface area contributed by atoms with Crippen LogP contribution in [-0.2, 0) is 16.6 Å². The second-order valence-electron chi connectivity index (χ2n) is 5.40. The highest BCUT2D eigenvalue weighted by Crippen LogP contribution is 2.27. The maximum Gasteiger partial charge on any atom is 0.246 e. The lowest BCUT2D eigenvalue weighted by Crippen LogP contribution is -2.28. The number of furan rings is 1. The van der Waals surface area contributed by atoms with Gasteiger partial charge in [-0.05, 0) is 32.6 Å². The smallest absolute Gasteiger partial charge is 0.246 e. The molecule has 1 aromatic heterocycles. The van der Waals surface area contributed by atoms with Gasteiger partial charge in [-0.25, -0.2) is 8.42 Å². The van der Waals surface area contributed by atoms with Crippen molar-refractivity contribution in [3.63, 3.8) is 0 Å². The summed E-state index contributed by atoms with van der Waals surface area (Å²) < 4.78 is 32.1. The summed E-state index contributed by atoms with van der Waals surface area (Å²) in [6, 6.07) is 2.27. The van der Waals surface area contributed by atoms with Gasteiger partial charge in [-0.3, -0.25) is 0 Å². The number of nitrogens with zero attached hydrogens (tertiary/aromatic N) is 1. The molecule has 5 nitrogen and oxygen atoms in total. The topological polar surface area (TPSA) is 62.6 Å². The van der Waals surface area contributed by atoms with Gasteiger partial charge in [0.25, 0.3) is 0 Å². The number of aryl methyl sites for hydroxylation is 1. The molecule has 0 spiro atoms. The summed E-state index contributed by atoms with van der Waals surface area (Å²) >= 11 is 0. The normalized spacial score (nSPS) is 21.1. The Bertz CT molecular complexity index is 554. The second kappa shape index (κ2) is 4.92. The molecule has 2 heterocycles. The quantitative estimate of drug-likeness (QED) is 0.892. The van der Waals surface area contributed by atoms with Crippen molar-refractivity contribution in [2.75, 3.05) is 13.1 Å². The molecule has 19 heavy (non-hydrogen) atoms. The van der Waals surface area contributed by atoms with E-state index in [2.05, 4.69) is 5.32 Å². The number of hydrogen-bond acceptors (Lipinski definition) is 4. The van der Waals surface area contributed by atoms with Gasteiger partial charge < -0.3 is 9.73 Å². The van der Waals surface area contributed by atoms with Crippen molar-refractivity contribution in [1.29, 1.82) is 0 Å². The minimum Gasteiger partial charge on any atom is -0.464 e. The van der Waals surface area contributed by atoms with Crippen LogP contribution in [0.3, 0.4) is 0 Å². The zero-order valence-electron chi connectivity index (χ0n) is 11.2. The summed E-state index contributed by atoms with van der Waals surface area (Å²) in [4.78, 5) is 0.335. The van der Waals surface area contributed by atoms with Crippen LogP contribution in [0.2, 0.25) is 0 Å². The Balaban J connectivity index is 1.78. The number of hydrogen-bond donors (Lipinski definition) is 1. The predicted molar refractivity (Wildman–Crippen MR) is 71.3 cm³/mol. The molecule has 6 heteroatoms. The molecule has 0 atom stereocenters. The van der Waals surface area contributed by atoms with Crippen LogP contribution in [0, 0.1) is 6.92 Å². The fourth-order valence-corrected chi connectivity index (χ4v) is 4.17. The first kappa shape index (κ1) is 13.1. The van der Waals surface area contributed by atoms with Crippen molar-refractivity contribution < 1.29 is 12.8 Å². The van der Waals surface area contributed by atoms with E-state index in [0.717, 1.165) is 12.8 Å². The van der Waals surface area contributed by atoms with Gasteiger partial charge in [-0.15, -0.1) is 0 Å². The van der Waals surface area contributed by atoms with Crippen LogP contribution < -0.4 is 5.32 Å². The molecule has 0 radical (unpaired) electrons. The number of nitrogens with one attached hydrogen (secondary N) is 1. The molecule has 1 aliphatic carbocycles. The van der Waals surface area contributed by atoms with Crippen molar-refractivity contribution >= 4 is 10.0 Å². The number of sulfonamides is 1. The van der Waals surface area contributed by atoms with Gasteiger partial charge in [0, 0.05) is 25.2 Å². The third-order valence-electron chi connectivity index (χ3n) is 3.75. The Hall–Kier alpha value is -0.850. The summed E-state index contributed by atoms with van der Waals surface area (Å²) in [7, 11) is -3.36. The zero-order chi connectivity index (χ0) is 13.5. The molecule has 1 saturated carbocycles. The van der Waals surface area contributed by atoms with Crippen molar-refractivity contribution in [2.45, 2.75) is 50.1 Å². The van der Waals surface area contributed by atoms with Gasteiger partial charge in [0.1, 0.15) is 16.4 Å². The van der Waals surface area contributed by atoms with Gasteiger partial charge in [0.05, 0.1) is 6.54 Å². The molecule has 3 rings (SSSR count). The Morgan fingerprint density at radius 1 is 1.37 bits per heavy atom. The average molecular weight is 284 g/mol. The van der Waals surface area contributed by atoms with E-state index >= 15 is 0 Å². The Kier molecular flexibility index (Phi) is 3.41. The largest absolute Gasteiger partial charge is 0.464 e. The summed E-state index contributed by atoms with van der Waals surface area (Å²) in [5.74, 6) is 1.21. The van der Waals surface area contributed by atoms with Gasteiger partial charge >= 0.3 is 0 Å². The van der Waals surface area contributed by atoms with Gasteiger partial charge in [0.2, 0.25) is 10.0 Å². The molecule has 1 aromatic rings. The monoisotopic (exact) mass is 284 g/mol. The second-order valence-corrected chi connectivity index (χ2v) is 7.31. The average Bonchev–Trinajstić information content (AvgIpc) is 2.89. The van der Waals surface area contributed by atoms with Crippen LogP contribution >= 0.6 is 0 Å². The van der Waals surface area contributed by atoms with E-state index in [1.54, 1.807) is 17.3 Å². The Morgan fingerprint density at radius 3 is 2.68 bits per heavy atom. The maximum atomic E-state index is 12.5. The van der Waals surface area contributed by atoms with E-state index in [0.29, 0.717) is 42.1 Å². The highest BCUT2D eigenvalue weighted by atomic mass is 32.2. The first-order chi connectivity index (χ1) is 9.07. The first-order valence-corrected chi connectivity index (χ1v) is 8.34. The number of rotatable bonds is 5. The van der Waals surface area contributed by atoms with Crippen LogP contribution in [0.1, 0.15) is 37.2 Å². The lowest BCUT2D eigenvalue weighted by atomic mass is 10.4. The van der Waals surface area contributed by atoms with E-state index in [1.807, 2.05) is 0 Å². The fourth-order valence-electron chi connectivity index (χ4n) is 2.47. The van der Waals surface area contributed by atoms with Crippen LogP contribution in [0.15, 0.2) is 15.4 Å². The van der Waals surface area contributed by atoms with Crippen LogP contribution in [0.4, 0.5) is 0 Å². The highest BCUT2D eigenvalue weighted by Gasteiger charge is 2.31. The van der Waals surface area contributed by atoms with Crippen molar-refractivity contribution in [2.24, 2.45) is 0 Å². The summed E-state index contributed by atoms with van der Waals surface area (Å²) in [6.45, 7) is 3.59. The van der Waals surface area contributed by atoms with Gasteiger partial charge in [-0.2, -0.15) is 4.31 Å². The fraction of sp³-hybridized carbons (Fsp3) is 0.692. The molecular formula is C13H20N2O3S. The third-order valence-corrected chi connectivity index (χ3v) is 5.75. The summed E-state index contributed by atoms with van der Waals surface area (Å²) in [6.07, 6.45) is 4.32. The van der Waals surface area contributed by atoms with Crippen LogP contribution in [0.5, 0.6) is 0 Å². The minimum absolute atomic E-state index is 0.335. The molecule has 106 valence electrons. The van der Waals surface area contributed by atoms with E-state index in [-0.39, 0.29) is 0 Å². The van der Waals surface area contributed by atoms with Crippen molar-refractivity contribution in [3.8, 4) is 0 Å². The molecule has 2 fully saturated rings. The highest BCUT2D eigenvalue weighted by molar-refractivity contribution is 7.89. The van der Waals surface area contributed by atoms with E-state index in [4.69, 9.17) is 4.42 Å².